The van der Waals surface area contributed by atoms with Crippen molar-refractivity contribution in [2.24, 2.45) is 0 Å². The molecule has 0 aromatic heterocycles. The molecule has 0 aliphatic carbocycles. The second-order valence-electron chi connectivity index (χ2n) is 5.51. The highest BCUT2D eigenvalue weighted by atomic mass is 16.5. The average Bonchev–Trinajstić information content (AvgIpc) is 2.53. The lowest BCUT2D eigenvalue weighted by Crippen LogP contribution is -2.50. The summed E-state index contributed by atoms with van der Waals surface area (Å²) in [6, 6.07) is 5.23. The number of hydrogen-bond acceptors (Lipinski definition) is 5. The van der Waals surface area contributed by atoms with Crippen molar-refractivity contribution >= 4 is 5.91 Å². The summed E-state index contributed by atoms with van der Waals surface area (Å²) in [5.74, 6) is 1.14. The summed E-state index contributed by atoms with van der Waals surface area (Å²) < 4.78 is 10.5. The van der Waals surface area contributed by atoms with Crippen molar-refractivity contribution in [1.82, 2.24) is 9.80 Å². The molecular formula is C16H24N2O4. The summed E-state index contributed by atoms with van der Waals surface area (Å²) in [5.41, 5.74) is 0.519. The van der Waals surface area contributed by atoms with Crippen LogP contribution in [0.15, 0.2) is 18.2 Å². The zero-order valence-corrected chi connectivity index (χ0v) is 13.4. The van der Waals surface area contributed by atoms with Gasteiger partial charge in [0.2, 0.25) is 0 Å². The Morgan fingerprint density at radius 3 is 2.45 bits per heavy atom. The van der Waals surface area contributed by atoms with E-state index in [2.05, 4.69) is 4.90 Å². The van der Waals surface area contributed by atoms with Crippen LogP contribution in [0.2, 0.25) is 0 Å². The third-order valence-corrected chi connectivity index (χ3v) is 3.82. The van der Waals surface area contributed by atoms with Crippen LogP contribution < -0.4 is 9.47 Å². The second kappa shape index (κ2) is 7.47. The molecule has 122 valence electrons. The lowest BCUT2D eigenvalue weighted by molar-refractivity contribution is 0.0551. The number of benzene rings is 1. The van der Waals surface area contributed by atoms with Crippen LogP contribution in [0.3, 0.4) is 0 Å². The highest BCUT2D eigenvalue weighted by Crippen LogP contribution is 2.25. The number of carbonyl (C=O) groups is 1. The van der Waals surface area contributed by atoms with Crippen LogP contribution in [0.1, 0.15) is 17.3 Å². The number of β-amino-alcohol motifs (C(OH)–C–C–N with tert-alkyl or cyclic N) is 1. The minimum Gasteiger partial charge on any atom is -0.497 e. The van der Waals surface area contributed by atoms with Crippen LogP contribution in [0.5, 0.6) is 11.5 Å². The summed E-state index contributed by atoms with van der Waals surface area (Å²) in [7, 11) is 3.13. The maximum atomic E-state index is 12.7. The molecule has 6 nitrogen and oxygen atoms in total. The molecule has 1 aliphatic rings. The van der Waals surface area contributed by atoms with E-state index in [0.717, 1.165) is 13.1 Å². The standard InChI is InChI=1S/C16H24N2O4/c1-12(19)11-17-6-8-18(9-7-17)16(20)14-10-13(21-2)4-5-15(14)22-3/h4-5,10,12,19H,6-9,11H2,1-3H3. The van der Waals surface area contributed by atoms with Gasteiger partial charge in [0.1, 0.15) is 11.5 Å². The van der Waals surface area contributed by atoms with Crippen molar-refractivity contribution in [2.75, 3.05) is 46.9 Å². The van der Waals surface area contributed by atoms with Gasteiger partial charge >= 0.3 is 0 Å². The van der Waals surface area contributed by atoms with Gasteiger partial charge < -0.3 is 19.5 Å². The number of nitrogens with zero attached hydrogens (tertiary/aromatic N) is 2. The normalized spacial score (nSPS) is 17.2. The van der Waals surface area contributed by atoms with E-state index in [1.54, 1.807) is 39.3 Å². The van der Waals surface area contributed by atoms with Crippen molar-refractivity contribution in [3.63, 3.8) is 0 Å². The smallest absolute Gasteiger partial charge is 0.257 e. The van der Waals surface area contributed by atoms with Gasteiger partial charge in [-0.15, -0.1) is 0 Å². The van der Waals surface area contributed by atoms with Crippen molar-refractivity contribution in [2.45, 2.75) is 13.0 Å². The van der Waals surface area contributed by atoms with Crippen molar-refractivity contribution in [1.29, 1.82) is 0 Å². The first kappa shape index (κ1) is 16.6. The number of aliphatic hydroxyl groups is 1. The molecule has 1 aromatic carbocycles. The lowest BCUT2D eigenvalue weighted by Gasteiger charge is -2.35. The molecule has 1 saturated heterocycles. The van der Waals surface area contributed by atoms with E-state index in [1.165, 1.54) is 0 Å². The molecule has 1 aliphatic heterocycles. The second-order valence-corrected chi connectivity index (χ2v) is 5.51. The number of carbonyl (C=O) groups excluding carboxylic acids is 1. The molecule has 22 heavy (non-hydrogen) atoms. The molecule has 1 atom stereocenters. The molecule has 0 spiro atoms. The number of amides is 1. The predicted octanol–water partition coefficient (Wildman–Crippen LogP) is 0.842. The van der Waals surface area contributed by atoms with Gasteiger partial charge in [-0.1, -0.05) is 0 Å². The largest absolute Gasteiger partial charge is 0.497 e. The quantitative estimate of drug-likeness (QED) is 0.873. The van der Waals surface area contributed by atoms with Crippen molar-refractivity contribution in [3.8, 4) is 11.5 Å². The molecule has 1 N–H and O–H groups in total. The highest BCUT2D eigenvalue weighted by molar-refractivity contribution is 5.97. The molecule has 0 bridgehead atoms. The average molecular weight is 308 g/mol. The molecule has 0 saturated carbocycles. The molecule has 1 fully saturated rings. The zero-order chi connectivity index (χ0) is 16.1. The van der Waals surface area contributed by atoms with Gasteiger partial charge in [-0.25, -0.2) is 0 Å². The molecule has 0 radical (unpaired) electrons. The lowest BCUT2D eigenvalue weighted by atomic mass is 10.1. The Hall–Kier alpha value is -1.79. The fourth-order valence-electron chi connectivity index (χ4n) is 2.66. The van der Waals surface area contributed by atoms with Gasteiger partial charge in [0, 0.05) is 32.7 Å². The summed E-state index contributed by atoms with van der Waals surface area (Å²) in [6.07, 6.45) is -0.347. The SMILES string of the molecule is COc1ccc(OC)c(C(=O)N2CCN(CC(C)O)CC2)c1. The van der Waals surface area contributed by atoms with Gasteiger partial charge in [0.15, 0.2) is 0 Å². The van der Waals surface area contributed by atoms with Crippen LogP contribution in [0.25, 0.3) is 0 Å². The molecule has 1 amide bonds. The van der Waals surface area contributed by atoms with Crippen LogP contribution >= 0.6 is 0 Å². The van der Waals surface area contributed by atoms with Gasteiger partial charge in [-0.05, 0) is 25.1 Å². The van der Waals surface area contributed by atoms with Gasteiger partial charge in [0.05, 0.1) is 25.9 Å². The Morgan fingerprint density at radius 1 is 1.23 bits per heavy atom. The van der Waals surface area contributed by atoms with E-state index >= 15 is 0 Å². The zero-order valence-electron chi connectivity index (χ0n) is 13.4. The number of ether oxygens (including phenoxy) is 2. The Morgan fingerprint density at radius 2 is 1.91 bits per heavy atom. The van der Waals surface area contributed by atoms with Gasteiger partial charge in [0.25, 0.3) is 5.91 Å². The maximum absolute atomic E-state index is 12.7. The van der Waals surface area contributed by atoms with Crippen LogP contribution in [0.4, 0.5) is 0 Å². The first-order chi connectivity index (χ1) is 10.5. The molecule has 1 heterocycles. The molecule has 2 rings (SSSR count). The monoisotopic (exact) mass is 308 g/mol. The number of hydrogen-bond donors (Lipinski definition) is 1. The first-order valence-electron chi connectivity index (χ1n) is 7.47. The van der Waals surface area contributed by atoms with E-state index in [1.807, 2.05) is 4.90 Å². The Bertz CT molecular complexity index is 511. The van der Waals surface area contributed by atoms with Gasteiger partial charge in [-0.2, -0.15) is 0 Å². The minimum atomic E-state index is -0.347. The molecule has 1 aromatic rings. The van der Waals surface area contributed by atoms with E-state index in [4.69, 9.17) is 9.47 Å². The van der Waals surface area contributed by atoms with E-state index in [0.29, 0.717) is 36.7 Å². The summed E-state index contributed by atoms with van der Waals surface area (Å²) in [6.45, 7) is 5.24. The Labute approximate surface area is 131 Å². The van der Waals surface area contributed by atoms with E-state index in [-0.39, 0.29) is 12.0 Å². The fraction of sp³-hybridized carbons (Fsp3) is 0.562. The predicted molar refractivity (Wildman–Crippen MR) is 83.6 cm³/mol. The van der Waals surface area contributed by atoms with E-state index < -0.39 is 0 Å². The summed E-state index contributed by atoms with van der Waals surface area (Å²) in [4.78, 5) is 16.7. The summed E-state index contributed by atoms with van der Waals surface area (Å²) >= 11 is 0. The Balaban J connectivity index is 2.06. The van der Waals surface area contributed by atoms with E-state index in [9.17, 15) is 9.90 Å². The first-order valence-corrected chi connectivity index (χ1v) is 7.47. The fourth-order valence-corrected chi connectivity index (χ4v) is 2.66. The maximum Gasteiger partial charge on any atom is 0.257 e. The van der Waals surface area contributed by atoms with Crippen LogP contribution in [-0.2, 0) is 0 Å². The molecule has 1 unspecified atom stereocenters. The topological polar surface area (TPSA) is 62.2 Å². The van der Waals surface area contributed by atoms with Crippen LogP contribution in [0, 0.1) is 0 Å². The summed E-state index contributed by atoms with van der Waals surface area (Å²) in [5, 5.41) is 9.43. The van der Waals surface area contributed by atoms with Crippen LogP contribution in [-0.4, -0.2) is 73.9 Å². The third-order valence-electron chi connectivity index (χ3n) is 3.82. The number of piperazine rings is 1. The number of aliphatic hydroxyl groups excluding tert-OH is 1. The molecule has 6 heteroatoms. The number of methoxy groups -OCH3 is 2. The third kappa shape index (κ3) is 3.90. The minimum absolute atomic E-state index is 0.0487. The number of rotatable bonds is 5. The highest BCUT2D eigenvalue weighted by Gasteiger charge is 2.25. The van der Waals surface area contributed by atoms with Crippen molar-refractivity contribution < 1.29 is 19.4 Å². The molecular weight excluding hydrogens is 284 g/mol. The van der Waals surface area contributed by atoms with Gasteiger partial charge in [-0.3, -0.25) is 9.69 Å². The van der Waals surface area contributed by atoms with Crippen molar-refractivity contribution in [3.05, 3.63) is 23.8 Å². The Kier molecular flexibility index (Phi) is 5.63.